The van der Waals surface area contributed by atoms with Gasteiger partial charge in [-0.1, -0.05) is 128 Å². The van der Waals surface area contributed by atoms with Gasteiger partial charge in [-0.2, -0.15) is 5.90 Å². The van der Waals surface area contributed by atoms with Gasteiger partial charge in [0.2, 0.25) is 0 Å². The van der Waals surface area contributed by atoms with E-state index in [1.165, 1.54) is 69.8 Å². The van der Waals surface area contributed by atoms with Crippen LogP contribution in [0.25, 0.3) is 0 Å². The summed E-state index contributed by atoms with van der Waals surface area (Å²) in [5.74, 6) is 5.13. The minimum Gasteiger partial charge on any atom is -0.370 e. The van der Waals surface area contributed by atoms with E-state index in [0.29, 0.717) is 17.9 Å². The largest absolute Gasteiger partial charge is 0.370 e. The average molecular weight is 452 g/mol. The Kier molecular flexibility index (Phi) is 16.5. The standard InChI is InChI=1S/C27H45NO2.ClH/c1-5-6-7-8-9-10-11-12-13-15-20-24(23-18-16-14-17-19-23)21-25(26(29)30-28)22-27(2,3)4;/h14,16-19,22,24H,5-13,15,20-21,28H2,1-4H3;1H. The first-order valence-electron chi connectivity index (χ1n) is 12.0. The monoisotopic (exact) mass is 451 g/mol. The third-order valence-electron chi connectivity index (χ3n) is 5.62. The summed E-state index contributed by atoms with van der Waals surface area (Å²) >= 11 is 0. The van der Waals surface area contributed by atoms with E-state index in [1.54, 1.807) is 0 Å². The Hall–Kier alpha value is -1.32. The van der Waals surface area contributed by atoms with Crippen molar-refractivity contribution in [1.29, 1.82) is 0 Å². The van der Waals surface area contributed by atoms with E-state index < -0.39 is 5.97 Å². The summed E-state index contributed by atoms with van der Waals surface area (Å²) < 4.78 is 0. The molecule has 2 N–H and O–H groups in total. The first-order chi connectivity index (χ1) is 14.4. The minimum atomic E-state index is -0.408. The maximum absolute atomic E-state index is 12.3. The van der Waals surface area contributed by atoms with Crippen LogP contribution in [0.1, 0.15) is 116 Å². The molecule has 0 heterocycles. The maximum atomic E-state index is 12.3. The summed E-state index contributed by atoms with van der Waals surface area (Å²) in [5, 5.41) is 0. The second kappa shape index (κ2) is 17.3. The molecule has 0 fully saturated rings. The van der Waals surface area contributed by atoms with Crippen molar-refractivity contribution >= 4 is 18.4 Å². The van der Waals surface area contributed by atoms with E-state index in [-0.39, 0.29) is 17.8 Å². The van der Waals surface area contributed by atoms with Gasteiger partial charge in [-0.3, -0.25) is 0 Å². The molecule has 4 heteroatoms. The number of carbonyl (C=O) groups is 1. The van der Waals surface area contributed by atoms with Gasteiger partial charge in [-0.05, 0) is 29.7 Å². The quantitative estimate of drug-likeness (QED) is 0.166. The molecule has 1 rings (SSSR count). The molecule has 0 aliphatic rings. The first-order valence-corrected chi connectivity index (χ1v) is 12.0. The van der Waals surface area contributed by atoms with Gasteiger partial charge in [-0.25, -0.2) is 4.79 Å². The number of carbonyl (C=O) groups excluding carboxylic acids is 1. The summed E-state index contributed by atoms with van der Waals surface area (Å²) in [6.45, 7) is 8.55. The summed E-state index contributed by atoms with van der Waals surface area (Å²) in [4.78, 5) is 16.9. The highest BCUT2D eigenvalue weighted by molar-refractivity contribution is 5.88. The number of benzene rings is 1. The van der Waals surface area contributed by atoms with Gasteiger partial charge < -0.3 is 4.84 Å². The zero-order valence-electron chi connectivity index (χ0n) is 20.3. The highest BCUT2D eigenvalue weighted by Gasteiger charge is 2.21. The van der Waals surface area contributed by atoms with Crippen LogP contribution in [0.2, 0.25) is 0 Å². The van der Waals surface area contributed by atoms with E-state index in [1.807, 2.05) is 12.1 Å². The topological polar surface area (TPSA) is 52.3 Å². The van der Waals surface area contributed by atoms with Crippen molar-refractivity contribution in [3.63, 3.8) is 0 Å². The average Bonchev–Trinajstić information content (AvgIpc) is 2.72. The van der Waals surface area contributed by atoms with Crippen molar-refractivity contribution in [2.45, 2.75) is 111 Å². The molecule has 0 saturated heterocycles. The van der Waals surface area contributed by atoms with Crippen LogP contribution in [-0.4, -0.2) is 5.97 Å². The van der Waals surface area contributed by atoms with Crippen molar-refractivity contribution < 1.29 is 9.63 Å². The molecule has 31 heavy (non-hydrogen) atoms. The molecule has 0 amide bonds. The highest BCUT2D eigenvalue weighted by Crippen LogP contribution is 2.31. The van der Waals surface area contributed by atoms with Crippen LogP contribution >= 0.6 is 12.4 Å². The van der Waals surface area contributed by atoms with Crippen molar-refractivity contribution in [3.05, 3.63) is 47.5 Å². The second-order valence-corrected chi connectivity index (χ2v) is 9.72. The van der Waals surface area contributed by atoms with Gasteiger partial charge in [0.1, 0.15) is 0 Å². The number of hydrogen-bond acceptors (Lipinski definition) is 3. The first kappa shape index (κ1) is 29.7. The number of hydrogen-bond donors (Lipinski definition) is 1. The molecule has 0 aromatic heterocycles. The smallest absolute Gasteiger partial charge is 0.352 e. The van der Waals surface area contributed by atoms with Gasteiger partial charge in [0, 0.05) is 5.57 Å². The van der Waals surface area contributed by atoms with Crippen molar-refractivity contribution in [1.82, 2.24) is 0 Å². The lowest BCUT2D eigenvalue weighted by Gasteiger charge is -2.21. The Labute approximate surface area is 197 Å². The molecule has 3 nitrogen and oxygen atoms in total. The fraction of sp³-hybridized carbons (Fsp3) is 0.667. The summed E-state index contributed by atoms with van der Waals surface area (Å²) in [7, 11) is 0. The Morgan fingerprint density at radius 3 is 1.94 bits per heavy atom. The molecular formula is C27H46ClNO2. The predicted molar refractivity (Wildman–Crippen MR) is 135 cm³/mol. The van der Waals surface area contributed by atoms with Crippen molar-refractivity contribution in [2.24, 2.45) is 11.3 Å². The van der Waals surface area contributed by atoms with Gasteiger partial charge >= 0.3 is 5.97 Å². The minimum absolute atomic E-state index is 0. The number of nitrogens with two attached hydrogens (primary N) is 1. The normalized spacial score (nSPS) is 12.9. The van der Waals surface area contributed by atoms with Crippen LogP contribution < -0.4 is 5.90 Å². The SMILES string of the molecule is CCCCCCCCCCCCC(CC(=CC(C)(C)C)C(=O)ON)c1ccccc1.Cl. The van der Waals surface area contributed by atoms with E-state index in [9.17, 15) is 4.79 Å². The summed E-state index contributed by atoms with van der Waals surface area (Å²) in [6, 6.07) is 10.5. The molecule has 1 aromatic carbocycles. The molecule has 0 spiro atoms. The lowest BCUT2D eigenvalue weighted by Crippen LogP contribution is -2.17. The number of rotatable bonds is 15. The molecule has 1 unspecified atom stereocenters. The molecule has 178 valence electrons. The number of halogens is 1. The Morgan fingerprint density at radius 1 is 0.935 bits per heavy atom. The van der Waals surface area contributed by atoms with Gasteiger partial charge in [0.25, 0.3) is 0 Å². The van der Waals surface area contributed by atoms with Crippen LogP contribution in [0.15, 0.2) is 42.0 Å². The Balaban J connectivity index is 0.00000900. The second-order valence-electron chi connectivity index (χ2n) is 9.72. The van der Waals surface area contributed by atoms with Crippen molar-refractivity contribution in [3.8, 4) is 0 Å². The summed E-state index contributed by atoms with van der Waals surface area (Å²) in [5.41, 5.74) is 1.88. The number of unbranched alkanes of at least 4 members (excludes halogenated alkanes) is 9. The Bertz CT molecular complexity index is 607. The lowest BCUT2D eigenvalue weighted by molar-refractivity contribution is -0.139. The fourth-order valence-corrected chi connectivity index (χ4v) is 4.05. The van der Waals surface area contributed by atoms with E-state index in [4.69, 9.17) is 5.90 Å². The lowest BCUT2D eigenvalue weighted by atomic mass is 9.84. The third kappa shape index (κ3) is 14.4. The predicted octanol–water partition coefficient (Wildman–Crippen LogP) is 8.28. The molecular weight excluding hydrogens is 406 g/mol. The van der Waals surface area contributed by atoms with Gasteiger partial charge in [0.05, 0.1) is 0 Å². The molecule has 0 radical (unpaired) electrons. The zero-order chi connectivity index (χ0) is 22.2. The molecule has 0 saturated carbocycles. The third-order valence-corrected chi connectivity index (χ3v) is 5.62. The van der Waals surface area contributed by atoms with Crippen LogP contribution in [0.5, 0.6) is 0 Å². The fourth-order valence-electron chi connectivity index (χ4n) is 4.05. The van der Waals surface area contributed by atoms with Crippen LogP contribution in [-0.2, 0) is 9.63 Å². The summed E-state index contributed by atoms with van der Waals surface area (Å²) in [6.07, 6.45) is 17.1. The van der Waals surface area contributed by atoms with Gasteiger partial charge in [0.15, 0.2) is 0 Å². The van der Waals surface area contributed by atoms with Crippen LogP contribution in [0.3, 0.4) is 0 Å². The number of allylic oxidation sites excluding steroid dienone is 1. The molecule has 0 aliphatic carbocycles. The maximum Gasteiger partial charge on any atom is 0.352 e. The Morgan fingerprint density at radius 2 is 1.45 bits per heavy atom. The van der Waals surface area contributed by atoms with Gasteiger partial charge in [-0.15, -0.1) is 12.4 Å². The van der Waals surface area contributed by atoms with E-state index in [2.05, 4.69) is 56.8 Å². The van der Waals surface area contributed by atoms with E-state index >= 15 is 0 Å². The van der Waals surface area contributed by atoms with Crippen molar-refractivity contribution in [2.75, 3.05) is 0 Å². The molecule has 0 aliphatic heterocycles. The van der Waals surface area contributed by atoms with E-state index in [0.717, 1.165) is 6.42 Å². The highest BCUT2D eigenvalue weighted by atomic mass is 35.5. The molecule has 1 aromatic rings. The van der Waals surface area contributed by atoms with Crippen LogP contribution in [0, 0.1) is 5.41 Å². The van der Waals surface area contributed by atoms with Crippen LogP contribution in [0.4, 0.5) is 0 Å². The molecule has 1 atom stereocenters. The molecule has 0 bridgehead atoms. The zero-order valence-corrected chi connectivity index (χ0v) is 21.1.